The van der Waals surface area contributed by atoms with E-state index in [1.54, 1.807) is 6.07 Å². The van der Waals surface area contributed by atoms with Crippen LogP contribution in [0.25, 0.3) is 5.69 Å². The van der Waals surface area contributed by atoms with Crippen molar-refractivity contribution in [3.05, 3.63) is 76.6 Å². The summed E-state index contributed by atoms with van der Waals surface area (Å²) in [5.74, 6) is -0.191. The van der Waals surface area contributed by atoms with Gasteiger partial charge in [-0.05, 0) is 56.5 Å². The summed E-state index contributed by atoms with van der Waals surface area (Å²) in [5.41, 5.74) is 3.35. The van der Waals surface area contributed by atoms with Crippen LogP contribution >= 0.6 is 0 Å². The molecule has 1 amide bonds. The third-order valence-corrected chi connectivity index (χ3v) is 5.06. The summed E-state index contributed by atoms with van der Waals surface area (Å²) in [6.45, 7) is 3.89. The van der Waals surface area contributed by atoms with Crippen LogP contribution in [0, 0.1) is 13.8 Å². The molecule has 150 valence electrons. The van der Waals surface area contributed by atoms with Gasteiger partial charge in [-0.3, -0.25) is 4.79 Å². The van der Waals surface area contributed by atoms with Gasteiger partial charge in [-0.15, -0.1) is 0 Å². The highest BCUT2D eigenvalue weighted by Gasteiger charge is 2.34. The van der Waals surface area contributed by atoms with Crippen molar-refractivity contribution in [3.8, 4) is 5.69 Å². The molecule has 0 unspecified atom stereocenters. The lowest BCUT2D eigenvalue weighted by molar-refractivity contribution is -0.137. The van der Waals surface area contributed by atoms with E-state index in [2.05, 4.69) is 10.4 Å². The summed E-state index contributed by atoms with van der Waals surface area (Å²) in [6, 6.07) is 10.7. The maximum Gasteiger partial charge on any atom is 0.416 e. The molecule has 0 atom stereocenters. The minimum atomic E-state index is -4.44. The molecule has 3 aromatic rings. The van der Waals surface area contributed by atoms with Crippen LogP contribution in [-0.4, -0.2) is 15.7 Å². The lowest BCUT2D eigenvalue weighted by Crippen LogP contribution is -2.15. The van der Waals surface area contributed by atoms with Gasteiger partial charge >= 0.3 is 6.18 Å². The lowest BCUT2D eigenvalue weighted by atomic mass is 10.1. The van der Waals surface area contributed by atoms with E-state index in [0.717, 1.165) is 36.1 Å². The summed E-state index contributed by atoms with van der Waals surface area (Å²) in [6.07, 6.45) is -1.23. The number of nitrogens with one attached hydrogen (secondary N) is 1. The molecule has 29 heavy (non-hydrogen) atoms. The second-order valence-corrected chi connectivity index (χ2v) is 7.45. The Labute approximate surface area is 166 Å². The van der Waals surface area contributed by atoms with E-state index in [-0.39, 0.29) is 11.8 Å². The fourth-order valence-electron chi connectivity index (χ4n) is 3.45. The zero-order valence-electron chi connectivity index (χ0n) is 16.0. The topological polar surface area (TPSA) is 46.9 Å². The normalized spacial score (nSPS) is 14.1. The van der Waals surface area contributed by atoms with E-state index in [1.807, 2.05) is 32.0 Å². The molecule has 0 radical (unpaired) electrons. The van der Waals surface area contributed by atoms with Gasteiger partial charge in [0.2, 0.25) is 0 Å². The Hall–Kier alpha value is -3.09. The van der Waals surface area contributed by atoms with Gasteiger partial charge < -0.3 is 5.32 Å². The molecule has 7 heteroatoms. The summed E-state index contributed by atoms with van der Waals surface area (Å²) in [4.78, 5) is 12.9. The van der Waals surface area contributed by atoms with Crippen LogP contribution in [0.1, 0.15) is 51.5 Å². The Bertz CT molecular complexity index is 1080. The molecule has 1 fully saturated rings. The number of amides is 1. The molecule has 1 aromatic heterocycles. The average molecular weight is 399 g/mol. The van der Waals surface area contributed by atoms with Gasteiger partial charge in [0.1, 0.15) is 0 Å². The van der Waals surface area contributed by atoms with Gasteiger partial charge in [-0.1, -0.05) is 23.8 Å². The molecule has 1 aliphatic carbocycles. The lowest BCUT2D eigenvalue weighted by Gasteiger charge is -2.13. The van der Waals surface area contributed by atoms with E-state index < -0.39 is 11.7 Å². The maximum absolute atomic E-state index is 13.1. The Kier molecular flexibility index (Phi) is 4.68. The fraction of sp³-hybridized carbons (Fsp3) is 0.273. The number of alkyl halides is 3. The predicted octanol–water partition coefficient (Wildman–Crippen LogP) is 5.64. The van der Waals surface area contributed by atoms with Crippen molar-refractivity contribution < 1.29 is 18.0 Å². The highest BCUT2D eigenvalue weighted by atomic mass is 19.4. The third-order valence-electron chi connectivity index (χ3n) is 5.06. The van der Waals surface area contributed by atoms with Crippen molar-refractivity contribution >= 4 is 11.6 Å². The number of hydrogen-bond acceptors (Lipinski definition) is 2. The smallest absolute Gasteiger partial charge is 0.322 e. The minimum Gasteiger partial charge on any atom is -0.322 e. The largest absolute Gasteiger partial charge is 0.416 e. The van der Waals surface area contributed by atoms with Crippen molar-refractivity contribution in [2.24, 2.45) is 0 Å². The summed E-state index contributed by atoms with van der Waals surface area (Å²) < 4.78 is 40.8. The van der Waals surface area contributed by atoms with Crippen molar-refractivity contribution in [1.29, 1.82) is 0 Å². The number of hydrogen-bond donors (Lipinski definition) is 1. The van der Waals surface area contributed by atoms with Crippen LogP contribution < -0.4 is 5.32 Å². The second kappa shape index (κ2) is 7.06. The standard InChI is InChI=1S/C22H20F3N3O/c1-13-6-9-19(14(2)10-13)27-21(29)18-12-26-28(20(18)15-7-8-15)17-5-3-4-16(11-17)22(23,24)25/h3-6,9-12,15H,7-8H2,1-2H3,(H,27,29). The number of rotatable bonds is 4. The first kappa shape index (κ1) is 19.2. The van der Waals surface area contributed by atoms with Crippen LogP contribution in [0.5, 0.6) is 0 Å². The number of carbonyl (C=O) groups excluding carboxylic acids is 1. The van der Waals surface area contributed by atoms with Gasteiger partial charge in [0, 0.05) is 11.6 Å². The van der Waals surface area contributed by atoms with Gasteiger partial charge in [0.25, 0.3) is 5.91 Å². The summed E-state index contributed by atoms with van der Waals surface area (Å²) in [5, 5.41) is 7.16. The monoisotopic (exact) mass is 399 g/mol. The number of carbonyl (C=O) groups is 1. The quantitative estimate of drug-likeness (QED) is 0.617. The first-order valence-electron chi connectivity index (χ1n) is 9.38. The Morgan fingerprint density at radius 1 is 1.14 bits per heavy atom. The molecule has 2 aromatic carbocycles. The highest BCUT2D eigenvalue weighted by Crippen LogP contribution is 2.43. The van der Waals surface area contributed by atoms with Crippen LogP contribution in [0.2, 0.25) is 0 Å². The molecule has 1 saturated carbocycles. The first-order valence-corrected chi connectivity index (χ1v) is 9.38. The van der Waals surface area contributed by atoms with E-state index >= 15 is 0 Å². The molecule has 1 N–H and O–H groups in total. The van der Waals surface area contributed by atoms with E-state index in [9.17, 15) is 18.0 Å². The molecule has 4 nitrogen and oxygen atoms in total. The Morgan fingerprint density at radius 2 is 1.90 bits per heavy atom. The fourth-order valence-corrected chi connectivity index (χ4v) is 3.45. The molecule has 0 aliphatic heterocycles. The molecule has 4 rings (SSSR count). The first-order chi connectivity index (χ1) is 13.7. The van der Waals surface area contributed by atoms with Gasteiger partial charge in [0.05, 0.1) is 28.7 Å². The average Bonchev–Trinajstić information content (AvgIpc) is 3.41. The zero-order valence-corrected chi connectivity index (χ0v) is 16.0. The van der Waals surface area contributed by atoms with Crippen LogP contribution in [0.4, 0.5) is 18.9 Å². The number of aromatic nitrogens is 2. The van der Waals surface area contributed by atoms with Crippen molar-refractivity contribution in [3.63, 3.8) is 0 Å². The highest BCUT2D eigenvalue weighted by molar-refractivity contribution is 6.05. The summed E-state index contributed by atoms with van der Waals surface area (Å²) >= 11 is 0. The van der Waals surface area contributed by atoms with Crippen LogP contribution in [0.15, 0.2) is 48.7 Å². The van der Waals surface area contributed by atoms with Gasteiger partial charge in [-0.2, -0.15) is 18.3 Å². The number of halogens is 3. The molecule has 1 aliphatic rings. The zero-order chi connectivity index (χ0) is 20.8. The van der Waals surface area contributed by atoms with E-state index in [4.69, 9.17) is 0 Å². The van der Waals surface area contributed by atoms with Crippen molar-refractivity contribution in [2.45, 2.75) is 38.8 Å². The van der Waals surface area contributed by atoms with Crippen molar-refractivity contribution in [1.82, 2.24) is 9.78 Å². The molecule has 0 saturated heterocycles. The van der Waals surface area contributed by atoms with Crippen molar-refractivity contribution in [2.75, 3.05) is 5.32 Å². The molecule has 0 bridgehead atoms. The third kappa shape index (κ3) is 3.90. The number of aryl methyl sites for hydroxylation is 2. The number of nitrogens with zero attached hydrogens (tertiary/aromatic N) is 2. The minimum absolute atomic E-state index is 0.118. The van der Waals surface area contributed by atoms with Crippen LogP contribution in [-0.2, 0) is 6.18 Å². The van der Waals surface area contributed by atoms with Gasteiger partial charge in [0.15, 0.2) is 0 Å². The van der Waals surface area contributed by atoms with Gasteiger partial charge in [-0.25, -0.2) is 4.68 Å². The second-order valence-electron chi connectivity index (χ2n) is 7.45. The molecular weight excluding hydrogens is 379 g/mol. The van der Waals surface area contributed by atoms with E-state index in [1.165, 1.54) is 16.9 Å². The summed E-state index contributed by atoms with van der Waals surface area (Å²) in [7, 11) is 0. The SMILES string of the molecule is Cc1ccc(NC(=O)c2cnn(-c3cccc(C(F)(F)F)c3)c2C2CC2)c(C)c1. The Balaban J connectivity index is 1.70. The van der Waals surface area contributed by atoms with E-state index in [0.29, 0.717) is 22.6 Å². The van der Waals surface area contributed by atoms with Crippen LogP contribution in [0.3, 0.4) is 0 Å². The maximum atomic E-state index is 13.1. The predicted molar refractivity (Wildman–Crippen MR) is 104 cm³/mol. The molecule has 0 spiro atoms. The molecule has 1 heterocycles. The number of benzene rings is 2. The number of anilines is 1. The Morgan fingerprint density at radius 3 is 2.55 bits per heavy atom. The molecular formula is C22H20F3N3O.